The first-order chi connectivity index (χ1) is 9.22. The van der Waals surface area contributed by atoms with E-state index in [0.29, 0.717) is 0 Å². The molecule has 0 saturated carbocycles. The Morgan fingerprint density at radius 2 is 2.16 bits per heavy atom. The van der Waals surface area contributed by atoms with Crippen LogP contribution in [0.3, 0.4) is 0 Å². The van der Waals surface area contributed by atoms with E-state index >= 15 is 0 Å². The van der Waals surface area contributed by atoms with Gasteiger partial charge in [-0.3, -0.25) is 4.98 Å². The molecule has 96 valence electrons. The number of halogens is 2. The molecular weight excluding hydrogens is 344 g/mol. The first kappa shape index (κ1) is 12.9. The molecule has 2 heterocycles. The Morgan fingerprint density at radius 3 is 2.95 bits per heavy atom. The van der Waals surface area contributed by atoms with Gasteiger partial charge in [0.15, 0.2) is 0 Å². The minimum absolute atomic E-state index is 0.718. The molecule has 0 amide bonds. The van der Waals surface area contributed by atoms with E-state index in [4.69, 9.17) is 11.6 Å². The molecule has 3 rings (SSSR count). The zero-order valence-electron chi connectivity index (χ0n) is 9.86. The van der Waals surface area contributed by atoms with Crippen LogP contribution < -0.4 is 5.32 Å². The summed E-state index contributed by atoms with van der Waals surface area (Å²) < 4.78 is 1.14. The highest BCUT2D eigenvalue weighted by Gasteiger charge is 2.05. The Balaban J connectivity index is 1.91. The van der Waals surface area contributed by atoms with Crippen molar-refractivity contribution in [2.75, 3.05) is 5.32 Å². The maximum absolute atomic E-state index is 6.14. The maximum atomic E-state index is 6.14. The third kappa shape index (κ3) is 2.91. The predicted molar refractivity (Wildman–Crippen MR) is 86.1 cm³/mol. The lowest BCUT2D eigenvalue weighted by Crippen LogP contribution is -1.99. The number of pyridine rings is 1. The van der Waals surface area contributed by atoms with Crippen LogP contribution in [-0.2, 0) is 6.54 Å². The maximum Gasteiger partial charge on any atom is 0.0934 e. The van der Waals surface area contributed by atoms with Crippen molar-refractivity contribution in [3.05, 3.63) is 56.3 Å². The van der Waals surface area contributed by atoms with E-state index < -0.39 is 0 Å². The van der Waals surface area contributed by atoms with Gasteiger partial charge in [0.25, 0.3) is 0 Å². The molecule has 0 aliphatic carbocycles. The van der Waals surface area contributed by atoms with Crippen LogP contribution in [-0.4, -0.2) is 4.98 Å². The summed E-state index contributed by atoms with van der Waals surface area (Å²) in [5.74, 6) is 0. The fourth-order valence-corrected chi connectivity index (χ4v) is 3.57. The van der Waals surface area contributed by atoms with Gasteiger partial charge >= 0.3 is 0 Å². The molecule has 19 heavy (non-hydrogen) atoms. The molecule has 5 heteroatoms. The van der Waals surface area contributed by atoms with Crippen molar-refractivity contribution in [1.82, 2.24) is 4.98 Å². The van der Waals surface area contributed by atoms with Crippen LogP contribution in [0.1, 0.15) is 4.88 Å². The van der Waals surface area contributed by atoms with Gasteiger partial charge in [-0.1, -0.05) is 17.7 Å². The second-order valence-corrected chi connectivity index (χ2v) is 7.07. The topological polar surface area (TPSA) is 24.9 Å². The summed E-state index contributed by atoms with van der Waals surface area (Å²) in [6.45, 7) is 0.766. The lowest BCUT2D eigenvalue weighted by atomic mass is 10.2. The van der Waals surface area contributed by atoms with Crippen molar-refractivity contribution in [2.45, 2.75) is 6.54 Å². The minimum atomic E-state index is 0.718. The van der Waals surface area contributed by atoms with E-state index in [-0.39, 0.29) is 0 Å². The molecule has 2 aromatic heterocycles. The average Bonchev–Trinajstić information content (AvgIpc) is 2.81. The number of rotatable bonds is 3. The van der Waals surface area contributed by atoms with Gasteiger partial charge in [-0.25, -0.2) is 0 Å². The smallest absolute Gasteiger partial charge is 0.0934 e. The Bertz CT molecular complexity index is 726. The number of aromatic nitrogens is 1. The largest absolute Gasteiger partial charge is 0.378 e. The van der Waals surface area contributed by atoms with Crippen molar-refractivity contribution in [2.24, 2.45) is 0 Å². The van der Waals surface area contributed by atoms with Crippen LogP contribution in [0.25, 0.3) is 10.9 Å². The normalized spacial score (nSPS) is 10.8. The molecule has 2 nitrogen and oxygen atoms in total. The van der Waals surface area contributed by atoms with Crippen LogP contribution in [0, 0.1) is 0 Å². The molecule has 0 radical (unpaired) electrons. The summed E-state index contributed by atoms with van der Waals surface area (Å²) in [6, 6.07) is 11.9. The highest BCUT2D eigenvalue weighted by molar-refractivity contribution is 9.11. The van der Waals surface area contributed by atoms with Crippen LogP contribution in [0.4, 0.5) is 5.69 Å². The minimum Gasteiger partial charge on any atom is -0.378 e. The quantitative estimate of drug-likeness (QED) is 0.689. The molecule has 1 N–H and O–H groups in total. The molecule has 0 atom stereocenters. The SMILES string of the molecule is Clc1cc(NCc2ccc(Br)s2)c2ncccc2c1. The number of hydrogen-bond donors (Lipinski definition) is 1. The van der Waals surface area contributed by atoms with Crippen LogP contribution in [0.15, 0.2) is 46.4 Å². The fraction of sp³-hybridized carbons (Fsp3) is 0.0714. The predicted octanol–water partition coefficient (Wildman–Crippen LogP) is 5.32. The molecule has 0 aliphatic rings. The third-order valence-corrected chi connectivity index (χ3v) is 4.59. The van der Waals surface area contributed by atoms with E-state index in [2.05, 4.69) is 38.4 Å². The van der Waals surface area contributed by atoms with Crippen LogP contribution in [0.5, 0.6) is 0 Å². The Labute approximate surface area is 128 Å². The van der Waals surface area contributed by atoms with Gasteiger partial charge < -0.3 is 5.32 Å². The highest BCUT2D eigenvalue weighted by Crippen LogP contribution is 2.28. The lowest BCUT2D eigenvalue weighted by molar-refractivity contribution is 1.19. The summed E-state index contributed by atoms with van der Waals surface area (Å²) >= 11 is 11.3. The van der Waals surface area contributed by atoms with Gasteiger partial charge in [0, 0.05) is 28.0 Å². The van der Waals surface area contributed by atoms with Crippen molar-refractivity contribution >= 4 is 55.5 Å². The second kappa shape index (κ2) is 5.49. The van der Waals surface area contributed by atoms with Gasteiger partial charge in [0.1, 0.15) is 0 Å². The molecule has 0 unspecified atom stereocenters. The molecule has 0 aliphatic heterocycles. The monoisotopic (exact) mass is 352 g/mol. The first-order valence-corrected chi connectivity index (χ1v) is 7.73. The van der Waals surface area contributed by atoms with E-state index in [1.165, 1.54) is 4.88 Å². The number of nitrogens with zero attached hydrogens (tertiary/aromatic N) is 1. The Hall–Kier alpha value is -1.10. The molecule has 0 saturated heterocycles. The summed E-state index contributed by atoms with van der Waals surface area (Å²) in [4.78, 5) is 5.67. The van der Waals surface area contributed by atoms with Crippen LogP contribution >= 0.6 is 38.9 Å². The molecule has 1 aromatic carbocycles. The number of thiophene rings is 1. The van der Waals surface area contributed by atoms with Crippen molar-refractivity contribution in [3.8, 4) is 0 Å². The van der Waals surface area contributed by atoms with Gasteiger partial charge in [-0.05, 0) is 46.3 Å². The molecular formula is C14H10BrClN2S. The van der Waals surface area contributed by atoms with Crippen LogP contribution in [0.2, 0.25) is 5.02 Å². The van der Waals surface area contributed by atoms with E-state index in [0.717, 1.165) is 31.9 Å². The summed E-state index contributed by atoms with van der Waals surface area (Å²) in [7, 11) is 0. The molecule has 0 fully saturated rings. The molecule has 0 spiro atoms. The van der Waals surface area contributed by atoms with E-state index in [1.54, 1.807) is 17.5 Å². The standard InChI is InChI=1S/C14H10BrClN2S/c15-13-4-3-11(19-13)8-18-12-7-10(16)6-9-2-1-5-17-14(9)12/h1-7,18H,8H2. The summed E-state index contributed by atoms with van der Waals surface area (Å²) in [5.41, 5.74) is 1.91. The van der Waals surface area contributed by atoms with Crippen molar-refractivity contribution in [1.29, 1.82) is 0 Å². The third-order valence-electron chi connectivity index (χ3n) is 2.75. The Morgan fingerprint density at radius 1 is 1.26 bits per heavy atom. The number of hydrogen-bond acceptors (Lipinski definition) is 3. The second-order valence-electron chi connectivity index (χ2n) is 4.09. The first-order valence-electron chi connectivity index (χ1n) is 5.75. The summed E-state index contributed by atoms with van der Waals surface area (Å²) in [5, 5.41) is 5.16. The van der Waals surface area contributed by atoms with Gasteiger partial charge in [0.05, 0.1) is 15.0 Å². The zero-order valence-corrected chi connectivity index (χ0v) is 13.0. The van der Waals surface area contributed by atoms with Crippen molar-refractivity contribution < 1.29 is 0 Å². The van der Waals surface area contributed by atoms with E-state index in [1.807, 2.05) is 24.3 Å². The molecule has 3 aromatic rings. The highest BCUT2D eigenvalue weighted by atomic mass is 79.9. The summed E-state index contributed by atoms with van der Waals surface area (Å²) in [6.07, 6.45) is 1.79. The van der Waals surface area contributed by atoms with Gasteiger partial charge in [-0.15, -0.1) is 11.3 Å². The van der Waals surface area contributed by atoms with Gasteiger partial charge in [0.2, 0.25) is 0 Å². The average molecular weight is 354 g/mol. The zero-order chi connectivity index (χ0) is 13.2. The molecule has 0 bridgehead atoms. The number of fused-ring (bicyclic) bond motifs is 1. The lowest BCUT2D eigenvalue weighted by Gasteiger charge is -2.08. The van der Waals surface area contributed by atoms with Crippen molar-refractivity contribution in [3.63, 3.8) is 0 Å². The van der Waals surface area contributed by atoms with Gasteiger partial charge in [-0.2, -0.15) is 0 Å². The number of nitrogens with one attached hydrogen (secondary N) is 1. The number of benzene rings is 1. The number of anilines is 1. The van der Waals surface area contributed by atoms with E-state index in [9.17, 15) is 0 Å². The Kier molecular flexibility index (Phi) is 3.73. The fourth-order valence-electron chi connectivity index (χ4n) is 1.92.